The van der Waals surface area contributed by atoms with Gasteiger partial charge in [0.15, 0.2) is 17.3 Å². The molecule has 0 heterocycles. The molecule has 0 aliphatic heterocycles. The summed E-state index contributed by atoms with van der Waals surface area (Å²) in [6, 6.07) is 7.13. The summed E-state index contributed by atoms with van der Waals surface area (Å²) in [7, 11) is 4.72. The van der Waals surface area contributed by atoms with Gasteiger partial charge in [-0.25, -0.2) is 0 Å². The SMILES string of the molecule is COc1ccc(/C=C/C(=O)c2cc(CC=C(C)C)c(OC)c(CC=C(C)C)c2O)cc1OC. The van der Waals surface area contributed by atoms with Gasteiger partial charge in [-0.05, 0) is 75.9 Å². The number of rotatable bonds is 10. The molecule has 0 aliphatic carbocycles. The van der Waals surface area contributed by atoms with Gasteiger partial charge in [0, 0.05) is 5.56 Å². The van der Waals surface area contributed by atoms with Crippen molar-refractivity contribution in [1.82, 2.24) is 0 Å². The highest BCUT2D eigenvalue weighted by molar-refractivity contribution is 6.09. The van der Waals surface area contributed by atoms with Gasteiger partial charge in [0.1, 0.15) is 11.5 Å². The summed E-state index contributed by atoms with van der Waals surface area (Å²) < 4.78 is 16.2. The van der Waals surface area contributed by atoms with Crippen molar-refractivity contribution in [2.75, 3.05) is 21.3 Å². The normalized spacial score (nSPS) is 10.6. The average molecular weight is 451 g/mol. The molecule has 0 saturated carbocycles. The molecule has 2 aromatic rings. The number of ketones is 1. The fourth-order valence-electron chi connectivity index (χ4n) is 3.39. The zero-order chi connectivity index (χ0) is 24.5. The maximum absolute atomic E-state index is 13.1. The molecule has 0 amide bonds. The van der Waals surface area contributed by atoms with Crippen LogP contribution in [0.15, 0.2) is 53.6 Å². The molecule has 33 heavy (non-hydrogen) atoms. The van der Waals surface area contributed by atoms with E-state index in [0.717, 1.165) is 22.3 Å². The van der Waals surface area contributed by atoms with Gasteiger partial charge in [0.25, 0.3) is 0 Å². The first-order chi connectivity index (χ1) is 15.7. The van der Waals surface area contributed by atoms with Gasteiger partial charge in [-0.15, -0.1) is 0 Å². The Bertz CT molecular complexity index is 1080. The summed E-state index contributed by atoms with van der Waals surface area (Å²) in [5.74, 6) is 1.46. The second-order valence-corrected chi connectivity index (χ2v) is 8.23. The maximum atomic E-state index is 13.1. The molecule has 0 aromatic heterocycles. The van der Waals surface area contributed by atoms with E-state index in [1.807, 2.05) is 39.8 Å². The summed E-state index contributed by atoms with van der Waals surface area (Å²) in [4.78, 5) is 13.1. The fourth-order valence-corrected chi connectivity index (χ4v) is 3.39. The minimum atomic E-state index is -0.290. The van der Waals surface area contributed by atoms with E-state index in [1.54, 1.807) is 45.6 Å². The highest BCUT2D eigenvalue weighted by Gasteiger charge is 2.20. The van der Waals surface area contributed by atoms with Gasteiger partial charge in [-0.1, -0.05) is 35.4 Å². The van der Waals surface area contributed by atoms with Crippen LogP contribution in [-0.2, 0) is 12.8 Å². The lowest BCUT2D eigenvalue weighted by atomic mass is 9.94. The van der Waals surface area contributed by atoms with E-state index in [-0.39, 0.29) is 17.1 Å². The third-order valence-electron chi connectivity index (χ3n) is 5.17. The number of phenolic OH excluding ortho intramolecular Hbond substituents is 1. The standard InChI is InChI=1S/C28H34O5/c1-18(2)8-12-21-17-23(27(30)22(28(21)33-7)13-9-19(3)4)24(29)14-10-20-11-15-25(31-5)26(16-20)32-6/h8-11,14-17,30H,12-13H2,1-7H3/b14-10+. The van der Waals surface area contributed by atoms with E-state index in [0.29, 0.717) is 35.7 Å². The number of carbonyl (C=O) groups excluding carboxylic acids is 1. The molecule has 0 saturated heterocycles. The zero-order valence-corrected chi connectivity index (χ0v) is 20.6. The molecule has 0 bridgehead atoms. The number of hydrogen-bond donors (Lipinski definition) is 1. The van der Waals surface area contributed by atoms with E-state index < -0.39 is 0 Å². The van der Waals surface area contributed by atoms with Crippen LogP contribution < -0.4 is 14.2 Å². The van der Waals surface area contributed by atoms with Crippen molar-refractivity contribution < 1.29 is 24.1 Å². The average Bonchev–Trinajstić information content (AvgIpc) is 2.79. The van der Waals surface area contributed by atoms with Crippen LogP contribution in [0.2, 0.25) is 0 Å². The highest BCUT2D eigenvalue weighted by atomic mass is 16.5. The van der Waals surface area contributed by atoms with Gasteiger partial charge in [-0.2, -0.15) is 0 Å². The van der Waals surface area contributed by atoms with E-state index >= 15 is 0 Å². The van der Waals surface area contributed by atoms with Crippen LogP contribution in [0.5, 0.6) is 23.0 Å². The van der Waals surface area contributed by atoms with Gasteiger partial charge in [0.05, 0.1) is 26.9 Å². The number of benzene rings is 2. The van der Waals surface area contributed by atoms with Crippen LogP contribution >= 0.6 is 0 Å². The summed E-state index contributed by atoms with van der Waals surface area (Å²) in [5, 5.41) is 11.0. The summed E-state index contributed by atoms with van der Waals surface area (Å²) in [6.07, 6.45) is 8.31. The minimum absolute atomic E-state index is 0.0488. The van der Waals surface area contributed by atoms with Crippen molar-refractivity contribution >= 4 is 11.9 Å². The van der Waals surface area contributed by atoms with Crippen LogP contribution in [0, 0.1) is 0 Å². The van der Waals surface area contributed by atoms with Crippen molar-refractivity contribution in [3.8, 4) is 23.0 Å². The lowest BCUT2D eigenvalue weighted by molar-refractivity contribution is 0.104. The van der Waals surface area contributed by atoms with Crippen LogP contribution in [-0.4, -0.2) is 32.2 Å². The number of allylic oxidation sites excluding steroid dienone is 5. The zero-order valence-electron chi connectivity index (χ0n) is 20.6. The van der Waals surface area contributed by atoms with Crippen molar-refractivity contribution in [2.45, 2.75) is 40.5 Å². The molecule has 0 atom stereocenters. The number of aromatic hydroxyl groups is 1. The first-order valence-electron chi connectivity index (χ1n) is 10.8. The first-order valence-corrected chi connectivity index (χ1v) is 10.8. The molecule has 0 unspecified atom stereocenters. The Morgan fingerprint density at radius 2 is 1.52 bits per heavy atom. The predicted molar refractivity (Wildman–Crippen MR) is 134 cm³/mol. The Kier molecular flexibility index (Phi) is 9.34. The van der Waals surface area contributed by atoms with Gasteiger partial charge >= 0.3 is 0 Å². The summed E-state index contributed by atoms with van der Waals surface area (Å²) in [6.45, 7) is 8.03. The number of methoxy groups -OCH3 is 3. The van der Waals surface area contributed by atoms with Crippen molar-refractivity contribution in [3.05, 3.63) is 75.9 Å². The van der Waals surface area contributed by atoms with Gasteiger partial charge < -0.3 is 19.3 Å². The Labute approximate surface area is 197 Å². The van der Waals surface area contributed by atoms with E-state index in [9.17, 15) is 9.90 Å². The Morgan fingerprint density at radius 1 is 0.879 bits per heavy atom. The third kappa shape index (κ3) is 6.75. The van der Waals surface area contributed by atoms with Gasteiger partial charge in [0.2, 0.25) is 0 Å². The lowest BCUT2D eigenvalue weighted by Gasteiger charge is -2.17. The molecule has 176 valence electrons. The molecule has 0 radical (unpaired) electrons. The first kappa shape index (κ1) is 25.8. The maximum Gasteiger partial charge on any atom is 0.189 e. The number of ether oxygens (including phenoxy) is 3. The van der Waals surface area contributed by atoms with Crippen LogP contribution in [0.4, 0.5) is 0 Å². The molecule has 5 nitrogen and oxygen atoms in total. The molecular weight excluding hydrogens is 416 g/mol. The molecule has 2 aromatic carbocycles. The third-order valence-corrected chi connectivity index (χ3v) is 5.17. The molecule has 0 fully saturated rings. The second-order valence-electron chi connectivity index (χ2n) is 8.23. The molecule has 0 aliphatic rings. The molecule has 0 spiro atoms. The van der Waals surface area contributed by atoms with Crippen molar-refractivity contribution in [2.24, 2.45) is 0 Å². The molecule has 2 rings (SSSR count). The predicted octanol–water partition coefficient (Wildman–Crippen LogP) is 6.33. The topological polar surface area (TPSA) is 65.0 Å². The molecule has 5 heteroatoms. The van der Waals surface area contributed by atoms with Crippen LogP contribution in [0.25, 0.3) is 6.08 Å². The van der Waals surface area contributed by atoms with Crippen molar-refractivity contribution in [3.63, 3.8) is 0 Å². The number of phenols is 1. The van der Waals surface area contributed by atoms with E-state index in [1.165, 1.54) is 6.08 Å². The van der Waals surface area contributed by atoms with E-state index in [2.05, 4.69) is 6.08 Å². The van der Waals surface area contributed by atoms with Crippen molar-refractivity contribution in [1.29, 1.82) is 0 Å². The van der Waals surface area contributed by atoms with E-state index in [4.69, 9.17) is 14.2 Å². The van der Waals surface area contributed by atoms with Crippen LogP contribution in [0.1, 0.15) is 54.7 Å². The largest absolute Gasteiger partial charge is 0.507 e. The number of hydrogen-bond acceptors (Lipinski definition) is 5. The van der Waals surface area contributed by atoms with Gasteiger partial charge in [-0.3, -0.25) is 4.79 Å². The second kappa shape index (κ2) is 12.0. The number of carbonyl (C=O) groups is 1. The Morgan fingerprint density at radius 3 is 2.09 bits per heavy atom. The molecular formula is C28H34O5. The quantitative estimate of drug-likeness (QED) is 0.260. The minimum Gasteiger partial charge on any atom is -0.507 e. The smallest absolute Gasteiger partial charge is 0.189 e. The monoisotopic (exact) mass is 450 g/mol. The highest BCUT2D eigenvalue weighted by Crippen LogP contribution is 2.37. The summed E-state index contributed by atoms with van der Waals surface area (Å²) >= 11 is 0. The fraction of sp³-hybridized carbons (Fsp3) is 0.321. The summed E-state index contributed by atoms with van der Waals surface area (Å²) in [5.41, 5.74) is 4.78. The molecule has 1 N–H and O–H groups in total. The lowest BCUT2D eigenvalue weighted by Crippen LogP contribution is -2.04. The Hall–Kier alpha value is -3.47. The van der Waals surface area contributed by atoms with Crippen LogP contribution in [0.3, 0.4) is 0 Å². The Balaban J connectivity index is 2.52.